The summed E-state index contributed by atoms with van der Waals surface area (Å²) in [5, 5.41) is 4.07. The van der Waals surface area contributed by atoms with Crippen LogP contribution in [0, 0.1) is 23.3 Å². The van der Waals surface area contributed by atoms with Crippen LogP contribution in [0.1, 0.15) is 0 Å². The maximum atomic E-state index is 13.3. The van der Waals surface area contributed by atoms with Crippen LogP contribution in [0.4, 0.5) is 33.7 Å². The molecular weight excluding hydrogens is 276 g/mol. The lowest BCUT2D eigenvalue weighted by Gasteiger charge is -2.09. The van der Waals surface area contributed by atoms with Crippen molar-refractivity contribution in [2.45, 2.75) is 0 Å². The van der Waals surface area contributed by atoms with Crippen molar-refractivity contribution in [2.24, 2.45) is 0 Å². The van der Waals surface area contributed by atoms with Crippen LogP contribution in [0.15, 0.2) is 36.4 Å². The highest BCUT2D eigenvalue weighted by Crippen LogP contribution is 2.18. The third-order valence-electron chi connectivity index (χ3n) is 2.36. The summed E-state index contributed by atoms with van der Waals surface area (Å²) in [4.78, 5) is 11.5. The molecule has 2 aromatic carbocycles. The zero-order valence-electron chi connectivity index (χ0n) is 9.88. The van der Waals surface area contributed by atoms with Gasteiger partial charge in [-0.1, -0.05) is 0 Å². The van der Waals surface area contributed by atoms with Crippen LogP contribution in [0.25, 0.3) is 0 Å². The second kappa shape index (κ2) is 5.60. The molecule has 0 fully saturated rings. The highest BCUT2D eigenvalue weighted by molar-refractivity contribution is 5.99. The molecule has 20 heavy (non-hydrogen) atoms. The molecule has 0 saturated heterocycles. The number of rotatable bonds is 2. The summed E-state index contributed by atoms with van der Waals surface area (Å²) in [6, 6.07) is 4.05. The smallest absolute Gasteiger partial charge is 0.305 e. The van der Waals surface area contributed by atoms with Crippen LogP contribution in [0.2, 0.25) is 0 Å². The summed E-state index contributed by atoms with van der Waals surface area (Å²) in [6.45, 7) is 0. The minimum atomic E-state index is -0.986. The number of halogens is 4. The molecule has 0 aliphatic rings. The SMILES string of the molecule is O=C(Nc1ccc(F)cc1F)Nc1cc(F)ccc1F. The average Bonchev–Trinajstić information content (AvgIpc) is 2.37. The molecular formula is C13H8F4N2O. The maximum Gasteiger partial charge on any atom is 0.323 e. The second-order valence-corrected chi connectivity index (χ2v) is 3.83. The van der Waals surface area contributed by atoms with Crippen molar-refractivity contribution >= 4 is 17.4 Å². The number of hydrogen-bond donors (Lipinski definition) is 2. The summed E-state index contributed by atoms with van der Waals surface area (Å²) >= 11 is 0. The molecule has 2 N–H and O–H groups in total. The first-order chi connectivity index (χ1) is 9.45. The lowest BCUT2D eigenvalue weighted by atomic mass is 10.3. The van der Waals surface area contributed by atoms with Gasteiger partial charge in [-0.15, -0.1) is 0 Å². The predicted octanol–water partition coefficient (Wildman–Crippen LogP) is 3.89. The van der Waals surface area contributed by atoms with Gasteiger partial charge in [0.2, 0.25) is 0 Å². The molecule has 0 spiro atoms. The Kier molecular flexibility index (Phi) is 3.88. The summed E-state index contributed by atoms with van der Waals surface area (Å²) in [6.07, 6.45) is 0. The molecule has 0 saturated carbocycles. The molecule has 0 aliphatic carbocycles. The van der Waals surface area contributed by atoms with Crippen molar-refractivity contribution in [3.05, 3.63) is 59.7 Å². The maximum absolute atomic E-state index is 13.3. The number of hydrogen-bond acceptors (Lipinski definition) is 1. The van der Waals surface area contributed by atoms with E-state index in [1.165, 1.54) is 0 Å². The van der Waals surface area contributed by atoms with E-state index in [0.29, 0.717) is 6.07 Å². The fourth-order valence-electron chi connectivity index (χ4n) is 1.46. The minimum Gasteiger partial charge on any atom is -0.305 e. The molecule has 0 bridgehead atoms. The van der Waals surface area contributed by atoms with Gasteiger partial charge in [-0.25, -0.2) is 22.4 Å². The molecule has 0 aliphatic heterocycles. The third kappa shape index (κ3) is 3.25. The van der Waals surface area contributed by atoms with Crippen molar-refractivity contribution in [1.29, 1.82) is 0 Å². The van der Waals surface area contributed by atoms with E-state index in [2.05, 4.69) is 5.32 Å². The normalized spacial score (nSPS) is 10.2. The number of nitrogens with one attached hydrogen (secondary N) is 2. The molecule has 0 aromatic heterocycles. The van der Waals surface area contributed by atoms with E-state index in [0.717, 1.165) is 30.3 Å². The predicted molar refractivity (Wildman–Crippen MR) is 65.4 cm³/mol. The van der Waals surface area contributed by atoms with Gasteiger partial charge < -0.3 is 10.6 Å². The van der Waals surface area contributed by atoms with Crippen LogP contribution in [0.5, 0.6) is 0 Å². The molecule has 2 amide bonds. The van der Waals surface area contributed by atoms with Gasteiger partial charge in [0.05, 0.1) is 11.4 Å². The molecule has 3 nitrogen and oxygen atoms in total. The number of carbonyl (C=O) groups excluding carboxylic acids is 1. The van der Waals surface area contributed by atoms with Crippen LogP contribution in [0.3, 0.4) is 0 Å². The molecule has 7 heteroatoms. The van der Waals surface area contributed by atoms with Crippen molar-refractivity contribution in [2.75, 3.05) is 10.6 Å². The standard InChI is InChI=1S/C13H8F4N2O/c14-7-2-4-11(10(17)5-7)18-13(20)19-12-6-8(15)1-3-9(12)16/h1-6H,(H2,18,19,20). The Labute approximate surface area is 111 Å². The monoisotopic (exact) mass is 284 g/mol. The van der Waals surface area contributed by atoms with Crippen LogP contribution < -0.4 is 10.6 Å². The van der Waals surface area contributed by atoms with Gasteiger partial charge in [-0.3, -0.25) is 0 Å². The Bertz CT molecular complexity index is 661. The molecule has 0 unspecified atom stereocenters. The molecule has 0 radical (unpaired) electrons. The summed E-state index contributed by atoms with van der Waals surface area (Å²) in [7, 11) is 0. The fraction of sp³-hybridized carbons (Fsp3) is 0. The van der Waals surface area contributed by atoms with E-state index >= 15 is 0 Å². The molecule has 0 atom stereocenters. The van der Waals surface area contributed by atoms with Gasteiger partial charge >= 0.3 is 6.03 Å². The van der Waals surface area contributed by atoms with Gasteiger partial charge in [0, 0.05) is 12.1 Å². The number of amides is 2. The van der Waals surface area contributed by atoms with E-state index in [1.807, 2.05) is 5.32 Å². The van der Waals surface area contributed by atoms with Gasteiger partial charge in [0.1, 0.15) is 23.3 Å². The quantitative estimate of drug-likeness (QED) is 0.807. The van der Waals surface area contributed by atoms with Gasteiger partial charge in [-0.2, -0.15) is 0 Å². The fourth-order valence-corrected chi connectivity index (χ4v) is 1.46. The molecule has 2 rings (SSSR count). The van der Waals surface area contributed by atoms with Crippen molar-refractivity contribution in [3.63, 3.8) is 0 Å². The van der Waals surface area contributed by atoms with E-state index in [9.17, 15) is 22.4 Å². The zero-order valence-corrected chi connectivity index (χ0v) is 9.88. The third-order valence-corrected chi connectivity index (χ3v) is 2.36. The molecule has 2 aromatic rings. The highest BCUT2D eigenvalue weighted by Gasteiger charge is 2.11. The summed E-state index contributed by atoms with van der Waals surface area (Å²) in [5.41, 5.74) is -0.689. The van der Waals surface area contributed by atoms with Crippen molar-refractivity contribution in [3.8, 4) is 0 Å². The second-order valence-electron chi connectivity index (χ2n) is 3.83. The molecule has 0 heterocycles. The largest absolute Gasteiger partial charge is 0.323 e. The van der Waals surface area contributed by atoms with E-state index in [4.69, 9.17) is 0 Å². The number of anilines is 2. The summed E-state index contributed by atoms with van der Waals surface area (Å²) < 4.78 is 52.1. The number of benzene rings is 2. The van der Waals surface area contributed by atoms with Crippen molar-refractivity contribution < 1.29 is 22.4 Å². The van der Waals surface area contributed by atoms with E-state index in [-0.39, 0.29) is 5.69 Å². The Morgan fingerprint density at radius 2 is 1.35 bits per heavy atom. The molecule has 104 valence electrons. The first-order valence-electron chi connectivity index (χ1n) is 5.44. The van der Waals surface area contributed by atoms with E-state index < -0.39 is 35.0 Å². The Morgan fingerprint density at radius 3 is 2.05 bits per heavy atom. The average molecular weight is 284 g/mol. The first kappa shape index (κ1) is 13.9. The Hall–Kier alpha value is -2.57. The van der Waals surface area contributed by atoms with Crippen LogP contribution >= 0.6 is 0 Å². The number of carbonyl (C=O) groups is 1. The van der Waals surface area contributed by atoms with Crippen LogP contribution in [-0.4, -0.2) is 6.03 Å². The highest BCUT2D eigenvalue weighted by atomic mass is 19.1. The van der Waals surface area contributed by atoms with Gasteiger partial charge in [0.15, 0.2) is 0 Å². The summed E-state index contributed by atoms with van der Waals surface area (Å²) in [5.74, 6) is -3.37. The zero-order chi connectivity index (χ0) is 14.7. The van der Waals surface area contributed by atoms with E-state index in [1.54, 1.807) is 0 Å². The number of urea groups is 1. The lowest BCUT2D eigenvalue weighted by molar-refractivity contribution is 0.262. The first-order valence-corrected chi connectivity index (χ1v) is 5.44. The minimum absolute atomic E-state index is 0.291. The van der Waals surface area contributed by atoms with Crippen LogP contribution in [-0.2, 0) is 0 Å². The van der Waals surface area contributed by atoms with Crippen molar-refractivity contribution in [1.82, 2.24) is 0 Å². The topological polar surface area (TPSA) is 41.1 Å². The lowest BCUT2D eigenvalue weighted by Crippen LogP contribution is -2.21. The van der Waals surface area contributed by atoms with Gasteiger partial charge in [0.25, 0.3) is 0 Å². The van der Waals surface area contributed by atoms with Gasteiger partial charge in [-0.05, 0) is 24.3 Å². The Morgan fingerprint density at radius 1 is 0.750 bits per heavy atom. The Balaban J connectivity index is 2.11.